The highest BCUT2D eigenvalue weighted by molar-refractivity contribution is 5.10. The summed E-state index contributed by atoms with van der Waals surface area (Å²) in [7, 11) is 0. The molecule has 1 aromatic rings. The van der Waals surface area contributed by atoms with E-state index < -0.39 is 0 Å². The van der Waals surface area contributed by atoms with Crippen molar-refractivity contribution >= 4 is 0 Å². The molecule has 1 heterocycles. The normalized spacial score (nSPS) is 10.6. The molecule has 3 heteroatoms. The summed E-state index contributed by atoms with van der Waals surface area (Å²) in [6.07, 6.45) is 3.36. The molecular weight excluding hydrogens is 186 g/mol. The van der Waals surface area contributed by atoms with E-state index in [4.69, 9.17) is 0 Å². The quantitative estimate of drug-likeness (QED) is 0.777. The van der Waals surface area contributed by atoms with Crippen LogP contribution in [0.2, 0.25) is 0 Å². The van der Waals surface area contributed by atoms with E-state index in [0.717, 1.165) is 36.7 Å². The molecule has 0 aromatic carbocycles. The maximum absolute atomic E-state index is 4.54. The van der Waals surface area contributed by atoms with Gasteiger partial charge < -0.3 is 5.32 Å². The average Bonchev–Trinajstić information content (AvgIpc) is 2.23. The fourth-order valence-corrected chi connectivity index (χ4v) is 1.49. The van der Waals surface area contributed by atoms with Crippen LogP contribution in [0.3, 0.4) is 0 Å². The molecule has 0 unspecified atom stereocenters. The molecule has 84 valence electrons. The summed E-state index contributed by atoms with van der Waals surface area (Å²) in [4.78, 5) is 8.98. The summed E-state index contributed by atoms with van der Waals surface area (Å²) in [5.41, 5.74) is 2.18. The molecule has 15 heavy (non-hydrogen) atoms. The first kappa shape index (κ1) is 12.1. The minimum absolute atomic E-state index is 0.846. The maximum Gasteiger partial charge on any atom is 0.128 e. The third kappa shape index (κ3) is 4.38. The topological polar surface area (TPSA) is 37.8 Å². The van der Waals surface area contributed by atoms with Gasteiger partial charge >= 0.3 is 0 Å². The molecule has 0 aliphatic rings. The van der Waals surface area contributed by atoms with Crippen LogP contribution >= 0.6 is 0 Å². The molecule has 3 nitrogen and oxygen atoms in total. The Morgan fingerprint density at radius 3 is 2.73 bits per heavy atom. The van der Waals surface area contributed by atoms with E-state index in [-0.39, 0.29) is 0 Å². The molecule has 0 atom stereocenters. The van der Waals surface area contributed by atoms with Crippen molar-refractivity contribution in [3.63, 3.8) is 0 Å². The lowest BCUT2D eigenvalue weighted by atomic mass is 10.2. The molecule has 0 amide bonds. The van der Waals surface area contributed by atoms with Crippen LogP contribution < -0.4 is 5.32 Å². The average molecular weight is 207 g/mol. The first-order chi connectivity index (χ1) is 7.26. The highest BCUT2D eigenvalue weighted by Gasteiger charge is 2.01. The van der Waals surface area contributed by atoms with Gasteiger partial charge in [-0.2, -0.15) is 0 Å². The fourth-order valence-electron chi connectivity index (χ4n) is 1.49. The van der Waals surface area contributed by atoms with Gasteiger partial charge in [-0.25, -0.2) is 9.97 Å². The van der Waals surface area contributed by atoms with Gasteiger partial charge in [0.2, 0.25) is 0 Å². The van der Waals surface area contributed by atoms with Crippen LogP contribution in [0.4, 0.5) is 0 Å². The van der Waals surface area contributed by atoms with Crippen LogP contribution in [-0.2, 0) is 13.0 Å². The second-order valence-electron chi connectivity index (χ2n) is 3.80. The van der Waals surface area contributed by atoms with E-state index in [2.05, 4.69) is 35.2 Å². The zero-order valence-electron chi connectivity index (χ0n) is 10.0. The van der Waals surface area contributed by atoms with Crippen LogP contribution in [0.5, 0.6) is 0 Å². The Kier molecular flexibility index (Phi) is 5.26. The number of hydrogen-bond acceptors (Lipinski definition) is 3. The summed E-state index contributed by atoms with van der Waals surface area (Å²) in [5, 5.41) is 3.28. The van der Waals surface area contributed by atoms with Crippen molar-refractivity contribution in [3.8, 4) is 0 Å². The molecule has 1 N–H and O–H groups in total. The molecule has 0 bridgehead atoms. The second-order valence-corrected chi connectivity index (χ2v) is 3.80. The van der Waals surface area contributed by atoms with Crippen molar-refractivity contribution < 1.29 is 0 Å². The molecule has 0 spiro atoms. The third-order valence-electron chi connectivity index (χ3n) is 2.26. The van der Waals surface area contributed by atoms with Gasteiger partial charge in [-0.15, -0.1) is 0 Å². The number of nitrogens with one attached hydrogen (secondary N) is 1. The number of aryl methyl sites for hydroxylation is 2. The number of unbranched alkanes of at least 4 members (excludes halogenated alkanes) is 1. The standard InChI is InChI=1S/C12H21N3/c1-4-6-7-12-14-10(3)8-11(15-12)9-13-5-2/h8,13H,4-7,9H2,1-3H3. The molecule has 1 rings (SSSR count). The Morgan fingerprint density at radius 2 is 2.07 bits per heavy atom. The first-order valence-corrected chi connectivity index (χ1v) is 5.80. The number of aromatic nitrogens is 2. The molecule has 0 saturated carbocycles. The minimum atomic E-state index is 0.846. The highest BCUT2D eigenvalue weighted by Crippen LogP contribution is 2.04. The molecule has 1 aromatic heterocycles. The van der Waals surface area contributed by atoms with E-state index >= 15 is 0 Å². The Balaban J connectivity index is 2.66. The zero-order chi connectivity index (χ0) is 11.1. The van der Waals surface area contributed by atoms with Crippen LogP contribution in [0, 0.1) is 6.92 Å². The van der Waals surface area contributed by atoms with Gasteiger partial charge in [0, 0.05) is 18.7 Å². The molecular formula is C12H21N3. The molecule has 0 radical (unpaired) electrons. The fraction of sp³-hybridized carbons (Fsp3) is 0.667. The minimum Gasteiger partial charge on any atom is -0.311 e. The van der Waals surface area contributed by atoms with Crippen molar-refractivity contribution in [2.45, 2.75) is 46.6 Å². The van der Waals surface area contributed by atoms with Crippen molar-refractivity contribution in [2.75, 3.05) is 6.54 Å². The second kappa shape index (κ2) is 6.51. The van der Waals surface area contributed by atoms with Gasteiger partial charge in [-0.05, 0) is 26.0 Å². The number of rotatable bonds is 6. The lowest BCUT2D eigenvalue weighted by Crippen LogP contribution is -2.14. The smallest absolute Gasteiger partial charge is 0.128 e. The largest absolute Gasteiger partial charge is 0.311 e. The summed E-state index contributed by atoms with van der Waals surface area (Å²) < 4.78 is 0. The molecule has 0 aliphatic carbocycles. The highest BCUT2D eigenvalue weighted by atomic mass is 14.9. The van der Waals surface area contributed by atoms with Gasteiger partial charge in [0.05, 0.1) is 5.69 Å². The summed E-state index contributed by atoms with van der Waals surface area (Å²) in [6, 6.07) is 2.05. The van der Waals surface area contributed by atoms with E-state index in [1.54, 1.807) is 0 Å². The number of nitrogens with zero attached hydrogens (tertiary/aromatic N) is 2. The monoisotopic (exact) mass is 207 g/mol. The Morgan fingerprint density at radius 1 is 1.27 bits per heavy atom. The maximum atomic E-state index is 4.54. The predicted octanol–water partition coefficient (Wildman–Crippen LogP) is 2.24. The van der Waals surface area contributed by atoms with Gasteiger partial charge in [0.15, 0.2) is 0 Å². The summed E-state index contributed by atoms with van der Waals surface area (Å²) in [5.74, 6) is 0.991. The van der Waals surface area contributed by atoms with Crippen molar-refractivity contribution in [1.29, 1.82) is 0 Å². The Hall–Kier alpha value is -0.960. The molecule has 0 fully saturated rings. The number of hydrogen-bond donors (Lipinski definition) is 1. The van der Waals surface area contributed by atoms with Gasteiger partial charge in [0.25, 0.3) is 0 Å². The van der Waals surface area contributed by atoms with Crippen molar-refractivity contribution in [1.82, 2.24) is 15.3 Å². The van der Waals surface area contributed by atoms with Crippen LogP contribution in [0.25, 0.3) is 0 Å². The summed E-state index contributed by atoms with van der Waals surface area (Å²) in [6.45, 7) is 8.15. The van der Waals surface area contributed by atoms with Crippen molar-refractivity contribution in [3.05, 3.63) is 23.3 Å². The summed E-state index contributed by atoms with van der Waals surface area (Å²) >= 11 is 0. The van der Waals surface area contributed by atoms with E-state index in [0.29, 0.717) is 0 Å². The van der Waals surface area contributed by atoms with E-state index in [1.807, 2.05) is 6.92 Å². The Bertz CT molecular complexity index is 271. The van der Waals surface area contributed by atoms with E-state index in [9.17, 15) is 0 Å². The van der Waals surface area contributed by atoms with Gasteiger partial charge in [0.1, 0.15) is 5.82 Å². The first-order valence-electron chi connectivity index (χ1n) is 5.80. The van der Waals surface area contributed by atoms with Gasteiger partial charge in [-0.1, -0.05) is 20.3 Å². The van der Waals surface area contributed by atoms with Crippen LogP contribution in [0.1, 0.15) is 43.9 Å². The lowest BCUT2D eigenvalue weighted by molar-refractivity contribution is 0.686. The van der Waals surface area contributed by atoms with E-state index in [1.165, 1.54) is 12.8 Å². The van der Waals surface area contributed by atoms with Crippen LogP contribution in [0.15, 0.2) is 6.07 Å². The SMILES string of the molecule is CCCCc1nc(C)cc(CNCC)n1. The van der Waals surface area contributed by atoms with Crippen molar-refractivity contribution in [2.24, 2.45) is 0 Å². The third-order valence-corrected chi connectivity index (χ3v) is 2.26. The molecule has 0 aliphatic heterocycles. The van der Waals surface area contributed by atoms with Crippen LogP contribution in [-0.4, -0.2) is 16.5 Å². The molecule has 0 saturated heterocycles. The zero-order valence-corrected chi connectivity index (χ0v) is 10.0. The van der Waals surface area contributed by atoms with Gasteiger partial charge in [-0.3, -0.25) is 0 Å². The lowest BCUT2D eigenvalue weighted by Gasteiger charge is -2.05. The predicted molar refractivity (Wildman–Crippen MR) is 62.8 cm³/mol. The Labute approximate surface area is 92.3 Å².